The molecule has 25 nitrogen and oxygen atoms in total. The summed E-state index contributed by atoms with van der Waals surface area (Å²) in [5.74, 6) is -1.39. The largest absolute Gasteiger partial charge is 0.790 e. The van der Waals surface area contributed by atoms with Gasteiger partial charge in [-0.3, -0.25) is 28.1 Å². The quantitative estimate of drug-likeness (QED) is 0.0386. The number of ether oxygens (including phenoxy) is 1. The van der Waals surface area contributed by atoms with Crippen molar-refractivity contribution in [3.63, 3.8) is 0 Å². The van der Waals surface area contributed by atoms with Crippen molar-refractivity contribution >= 4 is 69.1 Å². The third kappa shape index (κ3) is 15.4. The van der Waals surface area contributed by atoms with Crippen LogP contribution >= 0.6 is 35.2 Å². The molecular formula is C28H42N7O18P3S-4. The molecule has 322 valence electrons. The highest BCUT2D eigenvalue weighted by atomic mass is 32.2. The Bertz CT molecular complexity index is 1910. The second-order valence-corrected chi connectivity index (χ2v) is 18.4. The first-order valence-corrected chi connectivity index (χ1v) is 22.0. The van der Waals surface area contributed by atoms with Crippen molar-refractivity contribution < 1.29 is 85.6 Å². The van der Waals surface area contributed by atoms with E-state index in [9.17, 15) is 63.0 Å². The molecule has 57 heavy (non-hydrogen) atoms. The number of amides is 2. The third-order valence-corrected chi connectivity index (χ3v) is 11.6. The van der Waals surface area contributed by atoms with Gasteiger partial charge in [0, 0.05) is 37.1 Å². The summed E-state index contributed by atoms with van der Waals surface area (Å²) in [5.41, 5.74) is 4.89. The van der Waals surface area contributed by atoms with Crippen LogP contribution in [0.25, 0.3) is 11.2 Å². The maximum absolute atomic E-state index is 12.5. The minimum absolute atomic E-state index is 0.0268. The number of fused-ring (bicyclic) bond motifs is 1. The maximum atomic E-state index is 12.5. The Morgan fingerprint density at radius 3 is 2.39 bits per heavy atom. The van der Waals surface area contributed by atoms with Crippen LogP contribution in [0.2, 0.25) is 0 Å². The number of phosphoric acid groups is 3. The topological polar surface area (TPSA) is 395 Å². The van der Waals surface area contributed by atoms with Crippen molar-refractivity contribution in [2.75, 3.05) is 37.8 Å². The number of thioether (sulfide) groups is 1. The van der Waals surface area contributed by atoms with Gasteiger partial charge in [-0.1, -0.05) is 37.3 Å². The lowest BCUT2D eigenvalue weighted by Gasteiger charge is -2.36. The molecule has 3 heterocycles. The molecule has 0 aliphatic carbocycles. The van der Waals surface area contributed by atoms with Gasteiger partial charge in [0.05, 0.1) is 33.5 Å². The number of aliphatic hydroxyl groups is 3. The minimum Gasteiger partial charge on any atom is -0.790 e. The molecule has 7 N–H and O–H groups in total. The Labute approximate surface area is 329 Å². The molecule has 29 heteroatoms. The van der Waals surface area contributed by atoms with Crippen LogP contribution in [-0.2, 0) is 50.7 Å². The summed E-state index contributed by atoms with van der Waals surface area (Å²) in [7, 11) is -17.6. The Balaban J connectivity index is 1.47. The van der Waals surface area contributed by atoms with E-state index in [2.05, 4.69) is 43.5 Å². The molecule has 2 aromatic rings. The van der Waals surface area contributed by atoms with E-state index in [1.54, 1.807) is 19.9 Å². The number of rotatable bonds is 22. The van der Waals surface area contributed by atoms with Gasteiger partial charge in [0.1, 0.15) is 36.3 Å². The van der Waals surface area contributed by atoms with E-state index in [1.807, 2.05) is 0 Å². The van der Waals surface area contributed by atoms with Crippen LogP contribution in [0.1, 0.15) is 46.8 Å². The van der Waals surface area contributed by atoms with E-state index < -0.39 is 90.7 Å². The molecule has 0 radical (unpaired) electrons. The normalized spacial score (nSPS) is 21.9. The Morgan fingerprint density at radius 1 is 1.07 bits per heavy atom. The van der Waals surface area contributed by atoms with E-state index in [4.69, 9.17) is 10.5 Å². The van der Waals surface area contributed by atoms with Crippen molar-refractivity contribution in [3.8, 4) is 0 Å². The number of aliphatic hydroxyl groups excluding tert-OH is 3. The molecule has 1 fully saturated rings. The van der Waals surface area contributed by atoms with E-state index in [1.165, 1.54) is 13.8 Å². The summed E-state index contributed by atoms with van der Waals surface area (Å²) < 4.78 is 60.4. The summed E-state index contributed by atoms with van der Waals surface area (Å²) in [6.45, 7) is 3.50. The Kier molecular flexibility index (Phi) is 17.5. The molecule has 0 bridgehead atoms. The summed E-state index contributed by atoms with van der Waals surface area (Å²) >= 11 is 0.925. The molecule has 3 rings (SSSR count). The zero-order chi connectivity index (χ0) is 42.9. The first-order valence-electron chi connectivity index (χ1n) is 16.6. The van der Waals surface area contributed by atoms with Gasteiger partial charge in [-0.05, 0) is 13.8 Å². The number of aromatic nitrogens is 4. The second kappa shape index (κ2) is 20.5. The van der Waals surface area contributed by atoms with Crippen LogP contribution in [0.15, 0.2) is 24.3 Å². The van der Waals surface area contributed by atoms with Crippen LogP contribution < -0.4 is 35.9 Å². The number of phosphoric ester groups is 3. The number of imidazole rings is 1. The van der Waals surface area contributed by atoms with Gasteiger partial charge < -0.3 is 74.1 Å². The highest BCUT2D eigenvalue weighted by Gasteiger charge is 2.47. The lowest BCUT2D eigenvalue weighted by Crippen LogP contribution is -2.46. The maximum Gasteiger partial charge on any atom is 0.274 e. The average molecular weight is 890 g/mol. The van der Waals surface area contributed by atoms with Gasteiger partial charge in [0.2, 0.25) is 11.8 Å². The molecule has 2 aromatic heterocycles. The van der Waals surface area contributed by atoms with E-state index in [0.717, 1.165) is 34.6 Å². The number of carbonyl (C=O) groups excluding carboxylic acids is 3. The zero-order valence-corrected chi connectivity index (χ0v) is 34.2. The second-order valence-electron chi connectivity index (χ2n) is 13.2. The number of nitrogens with one attached hydrogen (secondary N) is 2. The number of hydrogen-bond acceptors (Lipinski definition) is 23. The van der Waals surface area contributed by atoms with Crippen molar-refractivity contribution in [2.45, 2.75) is 77.3 Å². The van der Waals surface area contributed by atoms with Crippen LogP contribution in [0.3, 0.4) is 0 Å². The van der Waals surface area contributed by atoms with Crippen LogP contribution in [0, 0.1) is 5.41 Å². The van der Waals surface area contributed by atoms with Gasteiger partial charge in [-0.25, -0.2) is 19.3 Å². The lowest BCUT2D eigenvalue weighted by molar-refractivity contribution is -0.347. The first-order chi connectivity index (χ1) is 26.3. The van der Waals surface area contributed by atoms with Crippen LogP contribution in [0.5, 0.6) is 0 Å². The molecule has 8 atom stereocenters. The molecule has 1 aliphatic heterocycles. The van der Waals surface area contributed by atoms with Crippen molar-refractivity contribution in [1.82, 2.24) is 30.2 Å². The molecule has 2 amide bonds. The van der Waals surface area contributed by atoms with E-state index in [-0.39, 0.29) is 53.8 Å². The highest BCUT2D eigenvalue weighted by molar-refractivity contribution is 8.13. The fraction of sp³-hybridized carbons (Fsp3) is 0.643. The molecule has 0 spiro atoms. The fourth-order valence-corrected chi connectivity index (χ4v) is 8.40. The fourth-order valence-electron chi connectivity index (χ4n) is 4.95. The standard InChI is InChI=1S/C28H46N7O18P3S/c1-15(2)9-16(36)10-19(38)57-8-7-30-18(37)5-6-31-26(41)23(40)28(3,4)12-50-56(47,48)53-55(45,46)49-11-17-22(52-54(42,43)44)21(39)27(51-17)35-14-34-20-24(29)32-13-33-25(20)35/h9,13-14,16-17,21-23,27,36,39-40H,5-8,10-12H2,1-4H3,(H,30,37)(H,31,41)(H,45,46)(H,47,48)(H2,29,32,33)(H2,42,43,44)/p-4/t16?,17-,21-,22-,23+,27-/m1/s1. The van der Waals surface area contributed by atoms with E-state index >= 15 is 0 Å². The van der Waals surface area contributed by atoms with Crippen LogP contribution in [-0.4, -0.2) is 114 Å². The number of carbonyl (C=O) groups is 3. The van der Waals surface area contributed by atoms with Gasteiger partial charge in [-0.2, -0.15) is 0 Å². The van der Waals surface area contributed by atoms with Crippen molar-refractivity contribution in [2.24, 2.45) is 5.41 Å². The number of nitrogens with two attached hydrogens (primary N) is 1. The summed E-state index contributed by atoms with van der Waals surface area (Å²) in [6, 6.07) is 0. The van der Waals surface area contributed by atoms with Crippen molar-refractivity contribution in [3.05, 3.63) is 24.3 Å². The molecule has 1 aliphatic rings. The highest BCUT2D eigenvalue weighted by Crippen LogP contribution is 2.56. The minimum atomic E-state index is -5.92. The van der Waals surface area contributed by atoms with Gasteiger partial charge in [-0.15, -0.1) is 0 Å². The SMILES string of the molecule is CC(C)=CC(O)CC(=O)SCCNC(=O)CCNC(=O)[C@H](O)C(C)(C)COP(=O)([O-])OP(=O)([O-])OC[C@H]1O[C@@H](n2cnc3c(N)ncnc32)[C@H](O)[C@@H]1OP(=O)([O-])[O-]. The number of allylic oxidation sites excluding steroid dienone is 1. The molecule has 0 saturated carbocycles. The van der Waals surface area contributed by atoms with Gasteiger partial charge in [0.25, 0.3) is 15.6 Å². The zero-order valence-electron chi connectivity index (χ0n) is 30.7. The molecular weight excluding hydrogens is 847 g/mol. The summed E-state index contributed by atoms with van der Waals surface area (Å²) in [4.78, 5) is 95.9. The Hall–Kier alpha value is -2.74. The predicted octanol–water partition coefficient (Wildman–Crippen LogP) is -3.15. The Morgan fingerprint density at radius 2 is 1.74 bits per heavy atom. The monoisotopic (exact) mass is 889 g/mol. The summed E-state index contributed by atoms with van der Waals surface area (Å²) in [6.07, 6.45) is -7.13. The average Bonchev–Trinajstić information content (AvgIpc) is 3.64. The number of hydrogen-bond donors (Lipinski definition) is 6. The lowest BCUT2D eigenvalue weighted by atomic mass is 9.87. The third-order valence-electron chi connectivity index (χ3n) is 7.64. The number of nitrogen functional groups attached to an aromatic ring is 1. The first kappa shape index (κ1) is 48.6. The molecule has 0 aromatic carbocycles. The molecule has 3 unspecified atom stereocenters. The van der Waals surface area contributed by atoms with E-state index in [0.29, 0.717) is 0 Å². The number of nitrogens with zero attached hydrogens (tertiary/aromatic N) is 4. The van der Waals surface area contributed by atoms with Crippen molar-refractivity contribution in [1.29, 1.82) is 0 Å². The van der Waals surface area contributed by atoms with Gasteiger partial charge >= 0.3 is 0 Å². The van der Waals surface area contributed by atoms with Crippen LogP contribution in [0.4, 0.5) is 5.82 Å². The smallest absolute Gasteiger partial charge is 0.274 e. The summed E-state index contributed by atoms with van der Waals surface area (Å²) in [5, 5.41) is 35.6. The van der Waals surface area contributed by atoms with Gasteiger partial charge in [0.15, 0.2) is 22.8 Å². The molecule has 1 saturated heterocycles. The predicted molar refractivity (Wildman–Crippen MR) is 188 cm³/mol. The number of anilines is 1.